The van der Waals surface area contributed by atoms with Crippen molar-refractivity contribution in [3.63, 3.8) is 0 Å². The van der Waals surface area contributed by atoms with E-state index in [9.17, 15) is 13.2 Å². The van der Waals surface area contributed by atoms with E-state index in [1.54, 1.807) is 0 Å². The lowest BCUT2D eigenvalue weighted by Gasteiger charge is -2.07. The van der Waals surface area contributed by atoms with Gasteiger partial charge in [-0.25, -0.2) is 4.98 Å². The Morgan fingerprint density at radius 1 is 1.17 bits per heavy atom. The number of rotatable bonds is 0. The van der Waals surface area contributed by atoms with Crippen LogP contribution < -0.4 is 0 Å². The van der Waals surface area contributed by atoms with Crippen LogP contribution >= 0.6 is 31.9 Å². The number of hydrogen-bond donors (Lipinski definition) is 0. The molecule has 1 aromatic rings. The van der Waals surface area contributed by atoms with Gasteiger partial charge in [0.25, 0.3) is 0 Å². The van der Waals surface area contributed by atoms with Gasteiger partial charge in [-0.1, -0.05) is 0 Å². The second kappa shape index (κ2) is 3.33. The van der Waals surface area contributed by atoms with Gasteiger partial charge in [0.15, 0.2) is 5.69 Å². The highest BCUT2D eigenvalue weighted by molar-refractivity contribution is 9.11. The van der Waals surface area contributed by atoms with E-state index < -0.39 is 11.9 Å². The largest absolute Gasteiger partial charge is 0.434 e. The zero-order chi connectivity index (χ0) is 9.35. The summed E-state index contributed by atoms with van der Waals surface area (Å²) in [6, 6.07) is 2.72. The standard InChI is InChI=1S/C6H2Br2F3N/c7-3-1-2-4(8)12-5(3)6(9,10)11/h1-2H. The molecule has 6 heteroatoms. The van der Waals surface area contributed by atoms with Crippen molar-refractivity contribution in [2.75, 3.05) is 0 Å². The smallest absolute Gasteiger partial charge is 0.235 e. The van der Waals surface area contributed by atoms with Crippen molar-refractivity contribution in [2.24, 2.45) is 0 Å². The fourth-order valence-electron chi connectivity index (χ4n) is 0.617. The van der Waals surface area contributed by atoms with Gasteiger partial charge < -0.3 is 0 Å². The van der Waals surface area contributed by atoms with Gasteiger partial charge in [0.2, 0.25) is 0 Å². The molecule has 0 unspecified atom stereocenters. The molecule has 0 saturated heterocycles. The van der Waals surface area contributed by atoms with Crippen LogP contribution in [0.1, 0.15) is 5.69 Å². The van der Waals surface area contributed by atoms with Gasteiger partial charge >= 0.3 is 6.18 Å². The molecule has 0 atom stereocenters. The molecular weight excluding hydrogens is 303 g/mol. The van der Waals surface area contributed by atoms with E-state index in [-0.39, 0.29) is 9.08 Å². The Labute approximate surface area is 83.2 Å². The molecule has 0 bridgehead atoms. The first-order valence-corrected chi connectivity index (χ1v) is 4.39. The van der Waals surface area contributed by atoms with Crippen molar-refractivity contribution in [3.05, 3.63) is 26.9 Å². The van der Waals surface area contributed by atoms with Gasteiger partial charge in [-0.3, -0.25) is 0 Å². The first-order valence-electron chi connectivity index (χ1n) is 2.80. The van der Waals surface area contributed by atoms with Crippen molar-refractivity contribution in [1.29, 1.82) is 0 Å². The van der Waals surface area contributed by atoms with Crippen LogP contribution in [0.4, 0.5) is 13.2 Å². The third kappa shape index (κ3) is 2.20. The molecule has 0 saturated carbocycles. The molecular formula is C6H2Br2F3N. The highest BCUT2D eigenvalue weighted by Gasteiger charge is 2.34. The molecule has 1 aromatic heterocycles. The average molecular weight is 305 g/mol. The molecule has 1 heterocycles. The Morgan fingerprint density at radius 3 is 2.17 bits per heavy atom. The normalized spacial score (nSPS) is 11.8. The SMILES string of the molecule is FC(F)(F)c1nc(Br)ccc1Br. The molecule has 0 amide bonds. The Morgan fingerprint density at radius 2 is 1.75 bits per heavy atom. The van der Waals surface area contributed by atoms with E-state index in [0.717, 1.165) is 0 Å². The van der Waals surface area contributed by atoms with Gasteiger partial charge in [-0.15, -0.1) is 0 Å². The predicted molar refractivity (Wildman–Crippen MR) is 44.6 cm³/mol. The van der Waals surface area contributed by atoms with Crippen molar-refractivity contribution in [3.8, 4) is 0 Å². The molecule has 0 aromatic carbocycles. The number of hydrogen-bond acceptors (Lipinski definition) is 1. The van der Waals surface area contributed by atoms with Crippen LogP contribution in [0.25, 0.3) is 0 Å². The fraction of sp³-hybridized carbons (Fsp3) is 0.167. The summed E-state index contributed by atoms with van der Waals surface area (Å²) in [7, 11) is 0. The summed E-state index contributed by atoms with van der Waals surface area (Å²) in [5.74, 6) is 0. The maximum atomic E-state index is 12.1. The Kier molecular flexibility index (Phi) is 2.77. The molecule has 0 aliphatic rings. The van der Waals surface area contributed by atoms with Crippen molar-refractivity contribution >= 4 is 31.9 Å². The summed E-state index contributed by atoms with van der Waals surface area (Å²) in [5.41, 5.74) is -0.920. The van der Waals surface area contributed by atoms with Crippen molar-refractivity contribution in [1.82, 2.24) is 4.98 Å². The molecule has 66 valence electrons. The molecule has 12 heavy (non-hydrogen) atoms. The van der Waals surface area contributed by atoms with E-state index in [2.05, 4.69) is 36.8 Å². The summed E-state index contributed by atoms with van der Waals surface area (Å²) in [5, 5.41) is 0. The van der Waals surface area contributed by atoms with Crippen LogP contribution in [0.2, 0.25) is 0 Å². The quantitative estimate of drug-likeness (QED) is 0.667. The van der Waals surface area contributed by atoms with Crippen LogP contribution in [0.15, 0.2) is 21.2 Å². The van der Waals surface area contributed by atoms with E-state index >= 15 is 0 Å². The lowest BCUT2D eigenvalue weighted by atomic mass is 10.3. The number of pyridine rings is 1. The maximum Gasteiger partial charge on any atom is 0.434 e. The molecule has 0 aliphatic heterocycles. The maximum absolute atomic E-state index is 12.1. The molecule has 0 aliphatic carbocycles. The number of aromatic nitrogens is 1. The predicted octanol–water partition coefficient (Wildman–Crippen LogP) is 3.63. The highest BCUT2D eigenvalue weighted by atomic mass is 79.9. The molecule has 0 fully saturated rings. The van der Waals surface area contributed by atoms with Gasteiger partial charge in [0.05, 0.1) is 0 Å². The highest BCUT2D eigenvalue weighted by Crippen LogP contribution is 2.33. The minimum atomic E-state index is -4.41. The average Bonchev–Trinajstić information content (AvgIpc) is 1.92. The second-order valence-corrected chi connectivity index (χ2v) is 3.63. The number of nitrogens with zero attached hydrogens (tertiary/aromatic N) is 1. The minimum absolute atomic E-state index is 0.0572. The zero-order valence-corrected chi connectivity index (χ0v) is 8.66. The summed E-state index contributed by atoms with van der Waals surface area (Å²) < 4.78 is 36.5. The fourth-order valence-corrected chi connectivity index (χ4v) is 1.37. The van der Waals surface area contributed by atoms with E-state index in [1.165, 1.54) is 12.1 Å². The minimum Gasteiger partial charge on any atom is -0.235 e. The van der Waals surface area contributed by atoms with Crippen LogP contribution in [-0.4, -0.2) is 4.98 Å². The third-order valence-corrected chi connectivity index (χ3v) is 2.16. The molecule has 0 spiro atoms. The lowest BCUT2D eigenvalue weighted by Crippen LogP contribution is -2.08. The third-order valence-electron chi connectivity index (χ3n) is 1.08. The lowest BCUT2D eigenvalue weighted by molar-refractivity contribution is -0.141. The van der Waals surface area contributed by atoms with Gasteiger partial charge in [0.1, 0.15) is 4.60 Å². The molecule has 1 rings (SSSR count). The Hall–Kier alpha value is -0.100. The van der Waals surface area contributed by atoms with Gasteiger partial charge in [-0.05, 0) is 44.0 Å². The van der Waals surface area contributed by atoms with E-state index in [1.807, 2.05) is 0 Å². The van der Waals surface area contributed by atoms with Crippen molar-refractivity contribution in [2.45, 2.75) is 6.18 Å². The first-order chi connectivity index (χ1) is 5.41. The second-order valence-electron chi connectivity index (χ2n) is 1.96. The topological polar surface area (TPSA) is 12.9 Å². The molecule has 0 radical (unpaired) electrons. The Balaban J connectivity index is 3.23. The molecule has 0 N–H and O–H groups in total. The van der Waals surface area contributed by atoms with Crippen LogP contribution in [0.3, 0.4) is 0 Å². The molecule has 1 nitrogen and oxygen atoms in total. The number of alkyl halides is 3. The van der Waals surface area contributed by atoms with Gasteiger partial charge in [0, 0.05) is 4.47 Å². The van der Waals surface area contributed by atoms with E-state index in [4.69, 9.17) is 0 Å². The monoisotopic (exact) mass is 303 g/mol. The summed E-state index contributed by atoms with van der Waals surface area (Å²) in [6.45, 7) is 0. The summed E-state index contributed by atoms with van der Waals surface area (Å²) in [4.78, 5) is 3.29. The van der Waals surface area contributed by atoms with Gasteiger partial charge in [-0.2, -0.15) is 13.2 Å². The van der Waals surface area contributed by atoms with Crippen molar-refractivity contribution < 1.29 is 13.2 Å². The van der Waals surface area contributed by atoms with Crippen LogP contribution in [-0.2, 0) is 6.18 Å². The summed E-state index contributed by atoms with van der Waals surface area (Å²) >= 11 is 5.62. The van der Waals surface area contributed by atoms with Crippen LogP contribution in [0, 0.1) is 0 Å². The Bertz CT molecular complexity index is 297. The van der Waals surface area contributed by atoms with Crippen LogP contribution in [0.5, 0.6) is 0 Å². The number of halogens is 5. The summed E-state index contributed by atoms with van der Waals surface area (Å²) in [6.07, 6.45) is -4.41. The van der Waals surface area contributed by atoms with E-state index in [0.29, 0.717) is 0 Å². The first kappa shape index (κ1) is 9.98. The zero-order valence-electron chi connectivity index (χ0n) is 5.49.